The van der Waals surface area contributed by atoms with Crippen molar-refractivity contribution in [2.24, 2.45) is 4.99 Å². The largest absolute Gasteiger partial charge is 0.504 e. The van der Waals surface area contributed by atoms with E-state index in [2.05, 4.69) is 18.8 Å². The first kappa shape index (κ1) is 22.1. The summed E-state index contributed by atoms with van der Waals surface area (Å²) < 4.78 is 10.9. The van der Waals surface area contributed by atoms with Gasteiger partial charge in [0.1, 0.15) is 25.0 Å². The number of aliphatic hydroxyl groups is 1. The molecule has 1 saturated heterocycles. The number of para-hydroxylation sites is 1. The molecule has 1 heterocycles. The maximum absolute atomic E-state index is 10.4. The monoisotopic (exact) mass is 413 g/mol. The number of aromatic hydroxyl groups is 1. The summed E-state index contributed by atoms with van der Waals surface area (Å²) >= 11 is 0. The Kier molecular flexibility index (Phi) is 7.71. The molecule has 0 aliphatic carbocycles. The first-order chi connectivity index (χ1) is 14.5. The van der Waals surface area contributed by atoms with E-state index in [4.69, 9.17) is 9.47 Å². The lowest BCUT2D eigenvalue weighted by Crippen LogP contribution is -3.20. The molecule has 0 bridgehead atoms. The van der Waals surface area contributed by atoms with Crippen molar-refractivity contribution >= 4 is 11.9 Å². The van der Waals surface area contributed by atoms with Crippen LogP contribution in [0.2, 0.25) is 0 Å². The number of nitrogens with zero attached hydrogens (tertiary/aromatic N) is 1. The zero-order valence-corrected chi connectivity index (χ0v) is 18.0. The van der Waals surface area contributed by atoms with Crippen LogP contribution >= 0.6 is 0 Å². The van der Waals surface area contributed by atoms with Gasteiger partial charge in [-0.1, -0.05) is 6.07 Å². The molecule has 0 unspecified atom stereocenters. The number of phenols is 1. The van der Waals surface area contributed by atoms with E-state index >= 15 is 0 Å². The van der Waals surface area contributed by atoms with Gasteiger partial charge in [-0.3, -0.25) is 4.99 Å². The molecule has 6 nitrogen and oxygen atoms in total. The molecule has 0 aromatic heterocycles. The van der Waals surface area contributed by atoms with E-state index in [1.165, 1.54) is 31.3 Å². The molecular formula is C24H33N2O4+. The second-order valence-corrected chi connectivity index (χ2v) is 8.13. The number of piperidine rings is 1. The Balaban J connectivity index is 1.52. The van der Waals surface area contributed by atoms with Crippen LogP contribution in [0.1, 0.15) is 38.7 Å². The number of rotatable bonds is 8. The van der Waals surface area contributed by atoms with Crippen LogP contribution in [0.15, 0.2) is 47.5 Å². The highest BCUT2D eigenvalue weighted by Gasteiger charge is 2.30. The van der Waals surface area contributed by atoms with Crippen molar-refractivity contribution in [1.29, 1.82) is 0 Å². The lowest BCUT2D eigenvalue weighted by molar-refractivity contribution is -0.954. The molecule has 1 aliphatic heterocycles. The highest BCUT2D eigenvalue weighted by Crippen LogP contribution is 2.28. The summed E-state index contributed by atoms with van der Waals surface area (Å²) in [5, 5.41) is 20.6. The zero-order chi connectivity index (χ0) is 21.5. The molecule has 0 spiro atoms. The van der Waals surface area contributed by atoms with Crippen molar-refractivity contribution in [2.75, 3.05) is 20.3 Å². The number of hydrogen-bond acceptors (Lipinski definition) is 5. The number of ether oxygens (including phenoxy) is 2. The van der Waals surface area contributed by atoms with E-state index in [0.717, 1.165) is 12.2 Å². The van der Waals surface area contributed by atoms with E-state index in [9.17, 15) is 10.2 Å². The molecule has 2 aromatic rings. The minimum atomic E-state index is -0.489. The van der Waals surface area contributed by atoms with Gasteiger partial charge in [0.25, 0.3) is 0 Å². The highest BCUT2D eigenvalue weighted by atomic mass is 16.5. The minimum Gasteiger partial charge on any atom is -0.504 e. The topological polar surface area (TPSA) is 75.7 Å². The number of nitrogens with one attached hydrogen (secondary N) is 1. The molecule has 6 heteroatoms. The normalized spacial score (nSPS) is 20.9. The maximum Gasteiger partial charge on any atom is 0.166 e. The Hall–Kier alpha value is -2.57. The predicted molar refractivity (Wildman–Crippen MR) is 118 cm³/mol. The van der Waals surface area contributed by atoms with Crippen LogP contribution < -0.4 is 14.4 Å². The molecule has 2 aromatic carbocycles. The molecule has 3 rings (SSSR count). The van der Waals surface area contributed by atoms with E-state index < -0.39 is 6.10 Å². The summed E-state index contributed by atoms with van der Waals surface area (Å²) in [5.74, 6) is 1.18. The SMILES string of the molecule is COc1cccc(C=Nc2ccc(OC[C@@H](O)C[NH+]3[C@@H](C)CCC[C@@H]3C)cc2)c1O. The zero-order valence-electron chi connectivity index (χ0n) is 18.0. The number of benzene rings is 2. The summed E-state index contributed by atoms with van der Waals surface area (Å²) in [6, 6.07) is 13.8. The van der Waals surface area contributed by atoms with Gasteiger partial charge in [0.2, 0.25) is 0 Å². The number of aliphatic hydroxyl groups excluding tert-OH is 1. The van der Waals surface area contributed by atoms with Gasteiger partial charge < -0.3 is 24.6 Å². The summed E-state index contributed by atoms with van der Waals surface area (Å²) in [6.07, 6.45) is 4.84. The quantitative estimate of drug-likeness (QED) is 0.582. The standard InChI is InChI=1S/C24H32N2O4/c1-17-6-4-7-18(2)26(17)15-21(27)16-30-22-12-10-20(11-13-22)25-14-19-8-5-9-23(29-3)24(19)28/h5,8-14,17-18,21,27-28H,4,6-7,15-16H2,1-3H3/p+1/t17-,18-,21-/m0/s1. The first-order valence-corrected chi connectivity index (χ1v) is 10.6. The molecule has 1 aliphatic rings. The summed E-state index contributed by atoms with van der Waals surface area (Å²) in [5.41, 5.74) is 1.33. The minimum absolute atomic E-state index is 0.0668. The molecule has 162 valence electrons. The third-order valence-electron chi connectivity index (χ3n) is 5.89. The Morgan fingerprint density at radius 1 is 1.13 bits per heavy atom. The first-order valence-electron chi connectivity index (χ1n) is 10.6. The molecular weight excluding hydrogens is 380 g/mol. The van der Waals surface area contributed by atoms with Crippen molar-refractivity contribution in [1.82, 2.24) is 0 Å². The summed E-state index contributed by atoms with van der Waals surface area (Å²) in [7, 11) is 1.51. The van der Waals surface area contributed by atoms with Gasteiger partial charge in [0.05, 0.1) is 24.9 Å². The van der Waals surface area contributed by atoms with Crippen LogP contribution in [0.5, 0.6) is 17.2 Å². The molecule has 30 heavy (non-hydrogen) atoms. The second-order valence-electron chi connectivity index (χ2n) is 8.13. The lowest BCUT2D eigenvalue weighted by Gasteiger charge is -2.36. The fourth-order valence-electron chi connectivity index (χ4n) is 4.09. The van der Waals surface area contributed by atoms with Crippen molar-refractivity contribution in [3.63, 3.8) is 0 Å². The maximum atomic E-state index is 10.4. The third kappa shape index (κ3) is 5.74. The van der Waals surface area contributed by atoms with Gasteiger partial charge in [0, 0.05) is 11.8 Å². The number of likely N-dealkylation sites (tertiary alicyclic amines) is 1. The Morgan fingerprint density at radius 2 is 1.83 bits per heavy atom. The number of aliphatic imine (C=N–C) groups is 1. The van der Waals surface area contributed by atoms with Crippen molar-refractivity contribution in [3.8, 4) is 17.2 Å². The third-order valence-corrected chi connectivity index (χ3v) is 5.89. The Labute approximate surface area is 178 Å². The fourth-order valence-corrected chi connectivity index (χ4v) is 4.09. The summed E-state index contributed by atoms with van der Waals surface area (Å²) in [6.45, 7) is 5.53. The summed E-state index contributed by atoms with van der Waals surface area (Å²) in [4.78, 5) is 5.87. The van der Waals surface area contributed by atoms with Crippen molar-refractivity contribution in [3.05, 3.63) is 48.0 Å². The Bertz CT molecular complexity index is 828. The van der Waals surface area contributed by atoms with Gasteiger partial charge in [0.15, 0.2) is 11.5 Å². The van der Waals surface area contributed by atoms with Crippen LogP contribution in [0.25, 0.3) is 0 Å². The molecule has 1 fully saturated rings. The molecule has 3 N–H and O–H groups in total. The number of quaternary nitrogens is 1. The molecule has 0 saturated carbocycles. The van der Waals surface area contributed by atoms with E-state index in [-0.39, 0.29) is 12.4 Å². The van der Waals surface area contributed by atoms with Crippen molar-refractivity contribution in [2.45, 2.75) is 51.3 Å². The van der Waals surface area contributed by atoms with Gasteiger partial charge in [-0.15, -0.1) is 0 Å². The number of phenolic OH excluding ortho intramolecular Hbond substituents is 1. The van der Waals surface area contributed by atoms with Gasteiger partial charge in [-0.25, -0.2) is 0 Å². The highest BCUT2D eigenvalue weighted by molar-refractivity contribution is 5.86. The second kappa shape index (κ2) is 10.5. The van der Waals surface area contributed by atoms with Crippen LogP contribution in [0.3, 0.4) is 0 Å². The van der Waals surface area contributed by atoms with Crippen LogP contribution in [-0.4, -0.2) is 54.9 Å². The number of hydrogen-bond donors (Lipinski definition) is 3. The average molecular weight is 414 g/mol. The molecule has 0 amide bonds. The molecule has 3 atom stereocenters. The predicted octanol–water partition coefficient (Wildman–Crippen LogP) is 2.74. The van der Waals surface area contributed by atoms with Crippen LogP contribution in [0, 0.1) is 0 Å². The van der Waals surface area contributed by atoms with Gasteiger partial charge >= 0.3 is 0 Å². The van der Waals surface area contributed by atoms with Gasteiger partial charge in [-0.2, -0.15) is 0 Å². The van der Waals surface area contributed by atoms with E-state index in [0.29, 0.717) is 29.1 Å². The van der Waals surface area contributed by atoms with E-state index in [1.54, 1.807) is 24.4 Å². The lowest BCUT2D eigenvalue weighted by atomic mass is 9.97. The Morgan fingerprint density at radius 3 is 2.50 bits per heavy atom. The van der Waals surface area contributed by atoms with Gasteiger partial charge in [-0.05, 0) is 69.5 Å². The van der Waals surface area contributed by atoms with E-state index in [1.807, 2.05) is 24.3 Å². The van der Waals surface area contributed by atoms with Crippen LogP contribution in [0.4, 0.5) is 5.69 Å². The smallest absolute Gasteiger partial charge is 0.166 e. The number of methoxy groups -OCH3 is 1. The van der Waals surface area contributed by atoms with Crippen LogP contribution in [-0.2, 0) is 0 Å². The average Bonchev–Trinajstić information content (AvgIpc) is 2.75. The fraction of sp³-hybridized carbons (Fsp3) is 0.458. The molecule has 0 radical (unpaired) electrons. The van der Waals surface area contributed by atoms with Crippen molar-refractivity contribution < 1.29 is 24.6 Å².